The van der Waals surface area contributed by atoms with Crippen molar-refractivity contribution in [1.29, 1.82) is 0 Å². The largest absolute Gasteiger partial charge is 0.507 e. The van der Waals surface area contributed by atoms with E-state index in [9.17, 15) is 10.2 Å². The summed E-state index contributed by atoms with van der Waals surface area (Å²) < 4.78 is 0. The van der Waals surface area contributed by atoms with E-state index in [0.717, 1.165) is 5.56 Å². The highest BCUT2D eigenvalue weighted by Crippen LogP contribution is 2.34. The number of hydrogen-bond acceptors (Lipinski definition) is 3. The van der Waals surface area contributed by atoms with Crippen LogP contribution in [0.3, 0.4) is 0 Å². The maximum atomic E-state index is 9.89. The Morgan fingerprint density at radius 1 is 0.952 bits per heavy atom. The summed E-state index contributed by atoms with van der Waals surface area (Å²) in [4.78, 5) is 0. The van der Waals surface area contributed by atoms with Crippen LogP contribution in [0.2, 0.25) is 10.0 Å². The Morgan fingerprint density at radius 2 is 1.57 bits per heavy atom. The zero-order valence-corrected chi connectivity index (χ0v) is 13.3. The van der Waals surface area contributed by atoms with Crippen LogP contribution in [0, 0.1) is 0 Å². The predicted molar refractivity (Wildman–Crippen MR) is 86.2 cm³/mol. The monoisotopic (exact) mass is 325 g/mol. The van der Waals surface area contributed by atoms with Crippen molar-refractivity contribution in [3.05, 3.63) is 57.6 Å². The van der Waals surface area contributed by atoms with Gasteiger partial charge in [0.15, 0.2) is 0 Å². The molecule has 0 heterocycles. The molecule has 0 bridgehead atoms. The van der Waals surface area contributed by atoms with E-state index in [1.807, 2.05) is 19.9 Å². The van der Waals surface area contributed by atoms with Gasteiger partial charge in [0.1, 0.15) is 11.5 Å². The van der Waals surface area contributed by atoms with Gasteiger partial charge in [-0.05, 0) is 43.7 Å². The SMILES string of the molecule is CC(NC(C)c1c(O)cccc1O)c1ccc(Cl)cc1Cl. The van der Waals surface area contributed by atoms with E-state index in [1.165, 1.54) is 0 Å². The average Bonchev–Trinajstić information content (AvgIpc) is 2.37. The van der Waals surface area contributed by atoms with E-state index in [4.69, 9.17) is 23.2 Å². The van der Waals surface area contributed by atoms with Crippen LogP contribution in [0.1, 0.15) is 37.1 Å². The molecule has 5 heteroatoms. The molecule has 0 aromatic heterocycles. The maximum Gasteiger partial charge on any atom is 0.124 e. The van der Waals surface area contributed by atoms with Crippen LogP contribution in [0.25, 0.3) is 0 Å². The lowest BCUT2D eigenvalue weighted by Crippen LogP contribution is -2.22. The van der Waals surface area contributed by atoms with Gasteiger partial charge in [0.2, 0.25) is 0 Å². The standard InChI is InChI=1S/C16H17Cl2NO2/c1-9(12-7-6-11(17)8-13(12)18)19-10(2)16-14(20)4-3-5-15(16)21/h3-10,19-21H,1-2H3. The molecular formula is C16H17Cl2NO2. The molecule has 3 N–H and O–H groups in total. The molecule has 21 heavy (non-hydrogen) atoms. The second-order valence-corrected chi connectivity index (χ2v) is 5.83. The number of hydrogen-bond donors (Lipinski definition) is 3. The number of halogens is 2. The summed E-state index contributed by atoms with van der Waals surface area (Å²) in [5.74, 6) is 0.119. The molecule has 0 aliphatic rings. The maximum absolute atomic E-state index is 9.89. The van der Waals surface area contributed by atoms with Crippen LogP contribution in [-0.4, -0.2) is 10.2 Å². The van der Waals surface area contributed by atoms with Gasteiger partial charge in [0, 0.05) is 22.1 Å². The van der Waals surface area contributed by atoms with E-state index >= 15 is 0 Å². The molecule has 0 aliphatic carbocycles. The molecule has 2 aromatic carbocycles. The van der Waals surface area contributed by atoms with E-state index in [2.05, 4.69) is 5.32 Å². The highest BCUT2D eigenvalue weighted by atomic mass is 35.5. The van der Waals surface area contributed by atoms with Crippen molar-refractivity contribution in [2.45, 2.75) is 25.9 Å². The number of rotatable bonds is 4. The molecular weight excluding hydrogens is 309 g/mol. The smallest absolute Gasteiger partial charge is 0.124 e. The quantitative estimate of drug-likeness (QED) is 0.755. The lowest BCUT2D eigenvalue weighted by molar-refractivity contribution is 0.407. The number of aromatic hydroxyl groups is 2. The minimum Gasteiger partial charge on any atom is -0.507 e. The molecule has 2 aromatic rings. The fraction of sp³-hybridized carbons (Fsp3) is 0.250. The fourth-order valence-corrected chi connectivity index (χ4v) is 2.96. The number of nitrogens with one attached hydrogen (secondary N) is 1. The average molecular weight is 326 g/mol. The first-order chi connectivity index (χ1) is 9.90. The van der Waals surface area contributed by atoms with Gasteiger partial charge in [-0.15, -0.1) is 0 Å². The van der Waals surface area contributed by atoms with Gasteiger partial charge in [-0.2, -0.15) is 0 Å². The first-order valence-electron chi connectivity index (χ1n) is 6.62. The Kier molecular flexibility index (Phi) is 4.99. The van der Waals surface area contributed by atoms with Gasteiger partial charge in [-0.25, -0.2) is 0 Å². The molecule has 0 radical (unpaired) electrons. The molecule has 0 fully saturated rings. The summed E-state index contributed by atoms with van der Waals surface area (Å²) in [6, 6.07) is 9.72. The zero-order chi connectivity index (χ0) is 15.6. The summed E-state index contributed by atoms with van der Waals surface area (Å²) in [6.45, 7) is 3.83. The summed E-state index contributed by atoms with van der Waals surface area (Å²) in [5.41, 5.74) is 1.37. The summed E-state index contributed by atoms with van der Waals surface area (Å²) in [6.07, 6.45) is 0. The van der Waals surface area contributed by atoms with Crippen molar-refractivity contribution in [1.82, 2.24) is 5.32 Å². The summed E-state index contributed by atoms with van der Waals surface area (Å²) in [7, 11) is 0. The molecule has 112 valence electrons. The number of benzene rings is 2. The van der Waals surface area contributed by atoms with Gasteiger partial charge in [0.25, 0.3) is 0 Å². The Morgan fingerprint density at radius 3 is 2.14 bits per heavy atom. The topological polar surface area (TPSA) is 52.5 Å². The van der Waals surface area contributed by atoms with Gasteiger partial charge < -0.3 is 15.5 Å². The molecule has 2 atom stereocenters. The van der Waals surface area contributed by atoms with E-state index in [1.54, 1.807) is 30.3 Å². The molecule has 0 saturated carbocycles. The van der Waals surface area contributed by atoms with Gasteiger partial charge in [0.05, 0.1) is 5.56 Å². The van der Waals surface area contributed by atoms with Crippen molar-refractivity contribution in [3.63, 3.8) is 0 Å². The Bertz CT molecular complexity index is 626. The minimum atomic E-state index is -0.243. The minimum absolute atomic E-state index is 0.0596. The third-order valence-electron chi connectivity index (χ3n) is 3.42. The van der Waals surface area contributed by atoms with Crippen molar-refractivity contribution in [2.75, 3.05) is 0 Å². The second-order valence-electron chi connectivity index (χ2n) is 4.99. The van der Waals surface area contributed by atoms with E-state index < -0.39 is 0 Å². The van der Waals surface area contributed by atoms with E-state index in [0.29, 0.717) is 15.6 Å². The number of phenolic OH excluding ortho intramolecular Hbond substituents is 2. The Balaban J connectivity index is 2.21. The first kappa shape index (κ1) is 16.0. The molecule has 0 amide bonds. The van der Waals surface area contributed by atoms with Gasteiger partial charge in [-0.1, -0.05) is 35.3 Å². The van der Waals surface area contributed by atoms with Crippen LogP contribution in [-0.2, 0) is 0 Å². The zero-order valence-electron chi connectivity index (χ0n) is 11.8. The second kappa shape index (κ2) is 6.56. The van der Waals surface area contributed by atoms with Crippen LogP contribution < -0.4 is 5.32 Å². The molecule has 0 saturated heterocycles. The molecule has 2 rings (SSSR count). The van der Waals surface area contributed by atoms with Gasteiger partial charge in [-0.3, -0.25) is 0 Å². The van der Waals surface area contributed by atoms with Crippen LogP contribution in [0.15, 0.2) is 36.4 Å². The highest BCUT2D eigenvalue weighted by molar-refractivity contribution is 6.35. The van der Waals surface area contributed by atoms with Crippen molar-refractivity contribution in [3.8, 4) is 11.5 Å². The molecule has 0 aliphatic heterocycles. The van der Waals surface area contributed by atoms with E-state index in [-0.39, 0.29) is 23.6 Å². The predicted octanol–water partition coefficient (Wildman–Crippen LogP) is 4.82. The molecule has 0 spiro atoms. The Labute approximate surface area is 134 Å². The van der Waals surface area contributed by atoms with Crippen molar-refractivity contribution < 1.29 is 10.2 Å². The third-order valence-corrected chi connectivity index (χ3v) is 3.98. The fourth-order valence-electron chi connectivity index (χ4n) is 2.39. The van der Waals surface area contributed by atoms with Crippen LogP contribution in [0.5, 0.6) is 11.5 Å². The van der Waals surface area contributed by atoms with Crippen molar-refractivity contribution >= 4 is 23.2 Å². The first-order valence-corrected chi connectivity index (χ1v) is 7.37. The molecule has 3 nitrogen and oxygen atoms in total. The lowest BCUT2D eigenvalue weighted by Gasteiger charge is -2.23. The van der Waals surface area contributed by atoms with Crippen molar-refractivity contribution in [2.24, 2.45) is 0 Å². The molecule has 2 unspecified atom stereocenters. The van der Waals surface area contributed by atoms with Crippen LogP contribution in [0.4, 0.5) is 0 Å². The Hall–Kier alpha value is -1.42. The highest BCUT2D eigenvalue weighted by Gasteiger charge is 2.18. The number of phenols is 2. The van der Waals surface area contributed by atoms with Crippen LogP contribution >= 0.6 is 23.2 Å². The van der Waals surface area contributed by atoms with Gasteiger partial charge >= 0.3 is 0 Å². The summed E-state index contributed by atoms with van der Waals surface area (Å²) in [5, 5.41) is 24.3. The lowest BCUT2D eigenvalue weighted by atomic mass is 10.0. The third kappa shape index (κ3) is 3.62. The normalized spacial score (nSPS) is 13.9. The summed E-state index contributed by atoms with van der Waals surface area (Å²) >= 11 is 12.1.